The number of thioether (sulfide) groups is 1. The van der Waals surface area contributed by atoms with E-state index in [0.717, 1.165) is 15.6 Å². The second-order valence-corrected chi connectivity index (χ2v) is 5.13. The number of fused-ring (bicyclic) bond motifs is 1. The van der Waals surface area contributed by atoms with Crippen LogP contribution in [0.3, 0.4) is 0 Å². The number of aliphatic hydroxyl groups excluding tert-OH is 1. The van der Waals surface area contributed by atoms with E-state index in [9.17, 15) is 0 Å². The minimum Gasteiger partial charge on any atom is -0.395 e. The van der Waals surface area contributed by atoms with E-state index < -0.39 is 0 Å². The number of halogens is 1. The summed E-state index contributed by atoms with van der Waals surface area (Å²) in [5, 5.41) is 13.5. The molecule has 1 aliphatic rings. The molecule has 2 N–H and O–H groups in total. The third kappa shape index (κ3) is 1.85. The van der Waals surface area contributed by atoms with E-state index >= 15 is 0 Å². The Hall–Kier alpha value is -0.380. The van der Waals surface area contributed by atoms with Crippen molar-refractivity contribution >= 4 is 29.1 Å². The van der Waals surface area contributed by atoms with Gasteiger partial charge in [0, 0.05) is 21.6 Å². The van der Waals surface area contributed by atoms with Crippen LogP contribution in [0.5, 0.6) is 0 Å². The molecule has 2 nitrogen and oxygen atoms in total. The van der Waals surface area contributed by atoms with Crippen molar-refractivity contribution in [2.75, 3.05) is 11.9 Å². The van der Waals surface area contributed by atoms with Crippen LogP contribution in [0.25, 0.3) is 0 Å². The van der Waals surface area contributed by atoms with Crippen molar-refractivity contribution in [3.63, 3.8) is 0 Å². The molecule has 1 aromatic carbocycles. The van der Waals surface area contributed by atoms with Crippen LogP contribution in [-0.4, -0.2) is 23.0 Å². The van der Waals surface area contributed by atoms with E-state index in [2.05, 4.69) is 12.2 Å². The quantitative estimate of drug-likeness (QED) is 0.777. The zero-order valence-electron chi connectivity index (χ0n) is 7.83. The Kier molecular flexibility index (Phi) is 2.91. The first-order valence-corrected chi connectivity index (χ1v) is 5.80. The molecule has 0 bridgehead atoms. The summed E-state index contributed by atoms with van der Waals surface area (Å²) in [4.78, 5) is 1.16. The first-order chi connectivity index (χ1) is 6.70. The molecule has 0 aromatic heterocycles. The fourth-order valence-corrected chi connectivity index (χ4v) is 2.75. The molecule has 4 heteroatoms. The summed E-state index contributed by atoms with van der Waals surface area (Å²) in [6.07, 6.45) is 0. The molecule has 0 saturated heterocycles. The molecule has 1 aromatic rings. The molecule has 0 fully saturated rings. The van der Waals surface area contributed by atoms with Gasteiger partial charge in [0.15, 0.2) is 0 Å². The second-order valence-electron chi connectivity index (χ2n) is 3.41. The normalized spacial score (nSPS) is 25.4. The summed E-state index contributed by atoms with van der Waals surface area (Å²) < 4.78 is 0. The van der Waals surface area contributed by atoms with Crippen molar-refractivity contribution in [3.05, 3.63) is 23.2 Å². The van der Waals surface area contributed by atoms with Gasteiger partial charge in [-0.1, -0.05) is 11.6 Å². The maximum Gasteiger partial charge on any atom is 0.0573 e. The van der Waals surface area contributed by atoms with Crippen LogP contribution < -0.4 is 5.32 Å². The highest BCUT2D eigenvalue weighted by Crippen LogP contribution is 2.38. The van der Waals surface area contributed by atoms with Gasteiger partial charge in [0.05, 0.1) is 11.9 Å². The summed E-state index contributed by atoms with van der Waals surface area (Å²) in [7, 11) is 0. The van der Waals surface area contributed by atoms with Crippen LogP contribution >= 0.6 is 23.4 Å². The van der Waals surface area contributed by atoms with Gasteiger partial charge in [0.25, 0.3) is 0 Å². The molecular formula is C10H12ClNOS. The predicted octanol–water partition coefficient (Wildman–Crippen LogP) is 2.61. The highest BCUT2D eigenvalue weighted by molar-refractivity contribution is 8.00. The van der Waals surface area contributed by atoms with Gasteiger partial charge in [-0.05, 0) is 25.1 Å². The highest BCUT2D eigenvalue weighted by atomic mass is 35.5. The zero-order valence-corrected chi connectivity index (χ0v) is 9.40. The van der Waals surface area contributed by atoms with E-state index in [1.54, 1.807) is 11.8 Å². The van der Waals surface area contributed by atoms with E-state index in [1.165, 1.54) is 0 Å². The molecule has 0 radical (unpaired) electrons. The second kappa shape index (κ2) is 4.01. The van der Waals surface area contributed by atoms with Gasteiger partial charge in [-0.2, -0.15) is 0 Å². The molecule has 14 heavy (non-hydrogen) atoms. The number of benzene rings is 1. The van der Waals surface area contributed by atoms with Gasteiger partial charge in [-0.15, -0.1) is 11.8 Å². The smallest absolute Gasteiger partial charge is 0.0573 e. The lowest BCUT2D eigenvalue weighted by Crippen LogP contribution is -2.34. The fraction of sp³-hybridized carbons (Fsp3) is 0.400. The van der Waals surface area contributed by atoms with Crippen LogP contribution in [0.4, 0.5) is 5.69 Å². The Morgan fingerprint density at radius 2 is 2.36 bits per heavy atom. The van der Waals surface area contributed by atoms with Gasteiger partial charge in [0.2, 0.25) is 0 Å². The Balaban J connectivity index is 2.30. The highest BCUT2D eigenvalue weighted by Gasteiger charge is 2.24. The van der Waals surface area contributed by atoms with Crippen molar-refractivity contribution in [1.29, 1.82) is 0 Å². The van der Waals surface area contributed by atoms with E-state index in [-0.39, 0.29) is 17.9 Å². The molecule has 76 valence electrons. The minimum absolute atomic E-state index is 0.195. The average molecular weight is 230 g/mol. The minimum atomic E-state index is 0.195. The van der Waals surface area contributed by atoms with Gasteiger partial charge >= 0.3 is 0 Å². The Labute approximate surface area is 92.7 Å². The largest absolute Gasteiger partial charge is 0.395 e. The molecule has 0 amide bonds. The van der Waals surface area contributed by atoms with Crippen molar-refractivity contribution in [2.45, 2.75) is 23.1 Å². The maximum atomic E-state index is 9.15. The molecular weight excluding hydrogens is 218 g/mol. The lowest BCUT2D eigenvalue weighted by molar-refractivity contribution is 0.287. The standard InChI is InChI=1S/C10H12ClNOS/c1-6-10(5-13)14-9-3-2-7(11)4-8(9)12-6/h2-4,6,10,12-13H,5H2,1H3. The first kappa shape index (κ1) is 10.1. The van der Waals surface area contributed by atoms with Crippen LogP contribution in [-0.2, 0) is 0 Å². The summed E-state index contributed by atoms with van der Waals surface area (Å²) in [6, 6.07) is 6.06. The molecule has 2 rings (SSSR count). The van der Waals surface area contributed by atoms with Crippen molar-refractivity contribution in [2.24, 2.45) is 0 Å². The van der Waals surface area contributed by atoms with Crippen LogP contribution in [0, 0.1) is 0 Å². The Bertz CT molecular complexity index is 345. The predicted molar refractivity (Wildman–Crippen MR) is 61.3 cm³/mol. The van der Waals surface area contributed by atoms with Crippen LogP contribution in [0.1, 0.15) is 6.92 Å². The molecule has 2 unspecified atom stereocenters. The van der Waals surface area contributed by atoms with Gasteiger partial charge in [-0.25, -0.2) is 0 Å². The number of hydrogen-bond acceptors (Lipinski definition) is 3. The third-order valence-electron chi connectivity index (χ3n) is 2.34. The molecule has 0 spiro atoms. The number of aliphatic hydroxyl groups is 1. The molecule has 0 aliphatic carbocycles. The summed E-state index contributed by atoms with van der Waals surface area (Å²) in [5.74, 6) is 0. The number of anilines is 1. The van der Waals surface area contributed by atoms with Gasteiger partial charge in [-0.3, -0.25) is 0 Å². The molecule has 2 atom stereocenters. The third-order valence-corrected chi connectivity index (χ3v) is 4.05. The fourth-order valence-electron chi connectivity index (χ4n) is 1.52. The first-order valence-electron chi connectivity index (χ1n) is 4.54. The molecule has 0 saturated carbocycles. The Morgan fingerprint density at radius 3 is 3.07 bits per heavy atom. The van der Waals surface area contributed by atoms with Crippen molar-refractivity contribution in [1.82, 2.24) is 0 Å². The SMILES string of the molecule is CC1Nc2cc(Cl)ccc2SC1CO. The monoisotopic (exact) mass is 229 g/mol. The maximum absolute atomic E-state index is 9.15. The number of nitrogens with one attached hydrogen (secondary N) is 1. The summed E-state index contributed by atoms with van der Waals surface area (Å²) in [5.41, 5.74) is 1.07. The lowest BCUT2D eigenvalue weighted by Gasteiger charge is -2.30. The van der Waals surface area contributed by atoms with E-state index in [0.29, 0.717) is 0 Å². The number of hydrogen-bond donors (Lipinski definition) is 2. The average Bonchev–Trinajstić information content (AvgIpc) is 2.16. The van der Waals surface area contributed by atoms with Crippen molar-refractivity contribution in [3.8, 4) is 0 Å². The van der Waals surface area contributed by atoms with Crippen molar-refractivity contribution < 1.29 is 5.11 Å². The molecule has 1 aliphatic heterocycles. The van der Waals surface area contributed by atoms with Gasteiger partial charge in [0.1, 0.15) is 0 Å². The lowest BCUT2D eigenvalue weighted by atomic mass is 10.2. The van der Waals surface area contributed by atoms with Crippen LogP contribution in [0.2, 0.25) is 5.02 Å². The van der Waals surface area contributed by atoms with Gasteiger partial charge < -0.3 is 10.4 Å². The van der Waals surface area contributed by atoms with Crippen LogP contribution in [0.15, 0.2) is 23.1 Å². The summed E-state index contributed by atoms with van der Waals surface area (Å²) >= 11 is 7.60. The summed E-state index contributed by atoms with van der Waals surface area (Å²) in [6.45, 7) is 2.26. The molecule has 1 heterocycles. The Morgan fingerprint density at radius 1 is 1.57 bits per heavy atom. The topological polar surface area (TPSA) is 32.3 Å². The zero-order chi connectivity index (χ0) is 10.1. The number of rotatable bonds is 1. The van der Waals surface area contributed by atoms with E-state index in [1.807, 2.05) is 18.2 Å². The van der Waals surface area contributed by atoms with E-state index in [4.69, 9.17) is 16.7 Å².